The van der Waals surface area contributed by atoms with Crippen molar-refractivity contribution >= 4 is 11.8 Å². The summed E-state index contributed by atoms with van der Waals surface area (Å²) in [4.78, 5) is 22.2. The molecule has 0 aliphatic heterocycles. The van der Waals surface area contributed by atoms with Gasteiger partial charge >= 0.3 is 5.97 Å². The number of carboxylic acids is 1. The van der Waals surface area contributed by atoms with Crippen molar-refractivity contribution in [1.82, 2.24) is 9.97 Å². The third-order valence-corrected chi connectivity index (χ3v) is 4.21. The minimum atomic E-state index is -0.945. The zero-order valence-electron chi connectivity index (χ0n) is 15.7. The Hall–Kier alpha value is -3.61. The van der Waals surface area contributed by atoms with E-state index in [0.717, 1.165) is 5.56 Å². The molecule has 0 saturated heterocycles. The van der Waals surface area contributed by atoms with Crippen LogP contribution in [0.15, 0.2) is 72.2 Å². The largest absolute Gasteiger partial charge is 0.491 e. The standard InChI is InChI=1S/C21H21N3O4/c1-27-18-9-10-19(23-20(18)28-2)24(14-15-6-5-11-22-13-15)17-8-4-3-7-16(12-17)21(25)26/h3-6,8-13H,7,14H2,1-2H3,(H,25,26). The number of anilines is 1. The predicted octanol–water partition coefficient (Wildman–Crippen LogP) is 3.36. The zero-order valence-corrected chi connectivity index (χ0v) is 15.7. The van der Waals surface area contributed by atoms with Crippen molar-refractivity contribution in [2.24, 2.45) is 0 Å². The number of allylic oxidation sites excluding steroid dienone is 4. The molecule has 144 valence electrons. The highest BCUT2D eigenvalue weighted by Crippen LogP contribution is 2.31. The minimum Gasteiger partial charge on any atom is -0.491 e. The van der Waals surface area contributed by atoms with Gasteiger partial charge in [0, 0.05) is 23.7 Å². The second-order valence-corrected chi connectivity index (χ2v) is 6.03. The molecule has 0 radical (unpaired) electrons. The van der Waals surface area contributed by atoms with Gasteiger partial charge in [-0.05, 0) is 42.3 Å². The fourth-order valence-electron chi connectivity index (χ4n) is 2.81. The second-order valence-electron chi connectivity index (χ2n) is 6.03. The van der Waals surface area contributed by atoms with E-state index in [9.17, 15) is 9.90 Å². The Morgan fingerprint density at radius 2 is 2.11 bits per heavy atom. The van der Waals surface area contributed by atoms with Crippen molar-refractivity contribution in [3.05, 3.63) is 77.8 Å². The maximum Gasteiger partial charge on any atom is 0.331 e. The minimum absolute atomic E-state index is 0.302. The summed E-state index contributed by atoms with van der Waals surface area (Å²) >= 11 is 0. The number of aliphatic carboxylic acids is 1. The van der Waals surface area contributed by atoms with Crippen LogP contribution in [0.25, 0.3) is 0 Å². The van der Waals surface area contributed by atoms with Crippen molar-refractivity contribution in [3.8, 4) is 11.6 Å². The highest BCUT2D eigenvalue weighted by Gasteiger charge is 2.18. The molecule has 3 rings (SSSR count). The van der Waals surface area contributed by atoms with Gasteiger partial charge < -0.3 is 19.5 Å². The number of carbonyl (C=O) groups is 1. The molecule has 0 spiro atoms. The lowest BCUT2D eigenvalue weighted by atomic mass is 10.1. The zero-order chi connectivity index (χ0) is 19.9. The molecule has 7 nitrogen and oxygen atoms in total. The van der Waals surface area contributed by atoms with E-state index in [4.69, 9.17) is 9.47 Å². The highest BCUT2D eigenvalue weighted by molar-refractivity contribution is 5.88. The average molecular weight is 379 g/mol. The lowest BCUT2D eigenvalue weighted by Crippen LogP contribution is -2.23. The van der Waals surface area contributed by atoms with E-state index in [1.807, 2.05) is 35.3 Å². The molecule has 0 bridgehead atoms. The van der Waals surface area contributed by atoms with Crippen LogP contribution in [0, 0.1) is 0 Å². The number of nitrogens with zero attached hydrogens (tertiary/aromatic N) is 3. The first-order valence-corrected chi connectivity index (χ1v) is 8.68. The first kappa shape index (κ1) is 19.2. The SMILES string of the molecule is COc1ccc(N(Cc2cccnc2)C2=CC=CCC(C(=O)O)=C2)nc1OC. The fraction of sp³-hybridized carbons (Fsp3) is 0.190. The molecule has 7 heteroatoms. The van der Waals surface area contributed by atoms with Crippen LogP contribution in [0.5, 0.6) is 11.6 Å². The van der Waals surface area contributed by atoms with Crippen LogP contribution in [0.3, 0.4) is 0 Å². The van der Waals surface area contributed by atoms with Gasteiger partial charge in [0.1, 0.15) is 5.82 Å². The summed E-state index contributed by atoms with van der Waals surface area (Å²) in [5.41, 5.74) is 1.96. The Morgan fingerprint density at radius 3 is 2.79 bits per heavy atom. The number of carboxylic acid groups (broad SMARTS) is 1. The van der Waals surface area contributed by atoms with E-state index in [-0.39, 0.29) is 0 Å². The molecule has 0 unspecified atom stereocenters. The van der Waals surface area contributed by atoms with Crippen LogP contribution in [-0.2, 0) is 11.3 Å². The monoisotopic (exact) mass is 379 g/mol. The Bertz CT molecular complexity index is 936. The molecule has 1 aliphatic rings. The van der Waals surface area contributed by atoms with Gasteiger partial charge in [-0.2, -0.15) is 4.98 Å². The Morgan fingerprint density at radius 1 is 1.25 bits per heavy atom. The summed E-state index contributed by atoms with van der Waals surface area (Å²) < 4.78 is 10.6. The molecule has 0 fully saturated rings. The van der Waals surface area contributed by atoms with Gasteiger partial charge in [-0.1, -0.05) is 18.2 Å². The van der Waals surface area contributed by atoms with Crippen molar-refractivity contribution in [1.29, 1.82) is 0 Å². The van der Waals surface area contributed by atoms with E-state index in [1.54, 1.807) is 37.7 Å². The van der Waals surface area contributed by atoms with Crippen LogP contribution in [0.4, 0.5) is 5.82 Å². The molecule has 2 aromatic heterocycles. The number of hydrogen-bond donors (Lipinski definition) is 1. The number of pyridine rings is 2. The quantitative estimate of drug-likeness (QED) is 0.789. The first-order chi connectivity index (χ1) is 13.6. The Kier molecular flexibility index (Phi) is 6.06. The summed E-state index contributed by atoms with van der Waals surface area (Å²) in [6.07, 6.45) is 11.0. The molecule has 0 amide bonds. The summed E-state index contributed by atoms with van der Waals surface area (Å²) in [6, 6.07) is 7.39. The van der Waals surface area contributed by atoms with Crippen molar-refractivity contribution in [3.63, 3.8) is 0 Å². The molecule has 0 atom stereocenters. The second kappa shape index (κ2) is 8.85. The molecule has 2 aromatic rings. The van der Waals surface area contributed by atoms with Crippen LogP contribution in [-0.4, -0.2) is 35.3 Å². The first-order valence-electron chi connectivity index (χ1n) is 8.68. The van der Waals surface area contributed by atoms with Crippen molar-refractivity contribution in [2.45, 2.75) is 13.0 Å². The number of methoxy groups -OCH3 is 2. The normalized spacial score (nSPS) is 13.2. The lowest BCUT2D eigenvalue weighted by molar-refractivity contribution is -0.132. The van der Waals surface area contributed by atoms with E-state index in [1.165, 1.54) is 7.11 Å². The molecule has 0 aromatic carbocycles. The molecule has 1 aliphatic carbocycles. The summed E-state index contributed by atoms with van der Waals surface area (Å²) in [5, 5.41) is 9.46. The molecule has 0 saturated carbocycles. The highest BCUT2D eigenvalue weighted by atomic mass is 16.5. The van der Waals surface area contributed by atoms with Gasteiger partial charge in [-0.25, -0.2) is 4.79 Å². The van der Waals surface area contributed by atoms with Crippen molar-refractivity contribution in [2.75, 3.05) is 19.1 Å². The van der Waals surface area contributed by atoms with Gasteiger partial charge in [-0.3, -0.25) is 4.98 Å². The average Bonchev–Trinajstić information content (AvgIpc) is 2.98. The van der Waals surface area contributed by atoms with Crippen LogP contribution < -0.4 is 14.4 Å². The van der Waals surface area contributed by atoms with Gasteiger partial charge in [0.2, 0.25) is 0 Å². The topological polar surface area (TPSA) is 84.8 Å². The third kappa shape index (κ3) is 4.37. The molecular weight excluding hydrogens is 358 g/mol. The maximum atomic E-state index is 11.5. The number of hydrogen-bond acceptors (Lipinski definition) is 6. The van der Waals surface area contributed by atoms with Gasteiger partial charge in [0.25, 0.3) is 5.88 Å². The van der Waals surface area contributed by atoms with E-state index < -0.39 is 5.97 Å². The van der Waals surface area contributed by atoms with Crippen LogP contribution >= 0.6 is 0 Å². The molecule has 2 heterocycles. The van der Waals surface area contributed by atoms with Crippen LogP contribution in [0.2, 0.25) is 0 Å². The van der Waals surface area contributed by atoms with Gasteiger partial charge in [0.05, 0.1) is 20.8 Å². The molecular formula is C21H21N3O4. The van der Waals surface area contributed by atoms with E-state index >= 15 is 0 Å². The molecule has 1 N–H and O–H groups in total. The smallest absolute Gasteiger partial charge is 0.331 e. The number of rotatable bonds is 7. The third-order valence-electron chi connectivity index (χ3n) is 4.21. The summed E-state index contributed by atoms with van der Waals surface area (Å²) in [7, 11) is 3.07. The summed E-state index contributed by atoms with van der Waals surface area (Å²) in [5.74, 6) is 0.524. The van der Waals surface area contributed by atoms with Crippen LogP contribution in [0.1, 0.15) is 12.0 Å². The fourth-order valence-corrected chi connectivity index (χ4v) is 2.81. The van der Waals surface area contributed by atoms with Gasteiger partial charge in [-0.15, -0.1) is 0 Å². The number of aromatic nitrogens is 2. The molecule has 28 heavy (non-hydrogen) atoms. The van der Waals surface area contributed by atoms with E-state index in [2.05, 4.69) is 9.97 Å². The van der Waals surface area contributed by atoms with Gasteiger partial charge in [0.15, 0.2) is 5.75 Å². The van der Waals surface area contributed by atoms with E-state index in [0.29, 0.717) is 41.7 Å². The van der Waals surface area contributed by atoms with Crippen molar-refractivity contribution < 1.29 is 19.4 Å². The Balaban J connectivity index is 2.07. The Labute approximate surface area is 163 Å². The maximum absolute atomic E-state index is 11.5. The number of ether oxygens (including phenoxy) is 2. The summed E-state index contributed by atoms with van der Waals surface area (Å²) in [6.45, 7) is 0.458. The lowest BCUT2D eigenvalue weighted by Gasteiger charge is -2.25. The predicted molar refractivity (Wildman–Crippen MR) is 105 cm³/mol.